The summed E-state index contributed by atoms with van der Waals surface area (Å²) in [5.41, 5.74) is 1.10. The summed E-state index contributed by atoms with van der Waals surface area (Å²) < 4.78 is 28.6. The quantitative estimate of drug-likeness (QED) is 0.832. The Hall–Kier alpha value is -1.56. The molecule has 1 saturated heterocycles. The highest BCUT2D eigenvalue weighted by molar-refractivity contribution is 7.91. The van der Waals surface area contributed by atoms with E-state index in [9.17, 15) is 13.2 Å². The van der Waals surface area contributed by atoms with Crippen LogP contribution in [0.5, 0.6) is 5.75 Å². The maximum atomic E-state index is 11.9. The number of hydrogen-bond donors (Lipinski definition) is 1. The van der Waals surface area contributed by atoms with Gasteiger partial charge in [0.1, 0.15) is 12.4 Å². The number of rotatable bonds is 5. The van der Waals surface area contributed by atoms with Crippen LogP contribution in [0.2, 0.25) is 0 Å². The molecule has 0 saturated carbocycles. The maximum absolute atomic E-state index is 11.9. The number of ether oxygens (including phenoxy) is 1. The van der Waals surface area contributed by atoms with Crippen molar-refractivity contribution in [1.82, 2.24) is 5.32 Å². The van der Waals surface area contributed by atoms with Crippen LogP contribution in [0.15, 0.2) is 24.3 Å². The van der Waals surface area contributed by atoms with Crippen LogP contribution < -0.4 is 10.1 Å². The van der Waals surface area contributed by atoms with Crippen molar-refractivity contribution < 1.29 is 17.9 Å². The number of amides is 1. The van der Waals surface area contributed by atoms with Crippen molar-refractivity contribution in [2.24, 2.45) is 5.92 Å². The van der Waals surface area contributed by atoms with Gasteiger partial charge in [-0.2, -0.15) is 0 Å². The fraction of sp³-hybridized carbons (Fsp3) is 0.588. The zero-order valence-electron chi connectivity index (χ0n) is 14.0. The van der Waals surface area contributed by atoms with E-state index in [1.807, 2.05) is 24.3 Å². The summed E-state index contributed by atoms with van der Waals surface area (Å²) in [5, 5.41) is 2.76. The minimum absolute atomic E-state index is 0.0158. The van der Waals surface area contributed by atoms with E-state index in [-0.39, 0.29) is 22.8 Å². The molecule has 128 valence electrons. The molecule has 23 heavy (non-hydrogen) atoms. The normalized spacial score (nSPS) is 20.2. The first-order valence-corrected chi connectivity index (χ1v) is 9.72. The molecule has 0 spiro atoms. The van der Waals surface area contributed by atoms with E-state index < -0.39 is 15.8 Å². The Morgan fingerprint density at radius 1 is 1.30 bits per heavy atom. The van der Waals surface area contributed by atoms with Crippen molar-refractivity contribution in [2.45, 2.75) is 32.6 Å². The van der Waals surface area contributed by atoms with Gasteiger partial charge in [-0.3, -0.25) is 4.79 Å². The molecule has 0 unspecified atom stereocenters. The van der Waals surface area contributed by atoms with Crippen molar-refractivity contribution in [3.63, 3.8) is 0 Å². The van der Waals surface area contributed by atoms with Gasteiger partial charge in [-0.05, 0) is 23.5 Å². The number of benzene rings is 1. The molecule has 0 aromatic heterocycles. The first-order chi connectivity index (χ1) is 10.7. The van der Waals surface area contributed by atoms with Gasteiger partial charge in [-0.25, -0.2) is 8.42 Å². The molecule has 1 N–H and O–H groups in total. The molecule has 1 heterocycles. The summed E-state index contributed by atoms with van der Waals surface area (Å²) >= 11 is 0. The Kier molecular flexibility index (Phi) is 5.34. The topological polar surface area (TPSA) is 72.5 Å². The SMILES string of the molecule is CC(C)(C)c1ccccc1OCCNC(=O)[C@@H]1CCS(=O)(=O)C1. The second-order valence-corrected chi connectivity index (χ2v) is 9.21. The van der Waals surface area contributed by atoms with Crippen molar-refractivity contribution >= 4 is 15.7 Å². The molecule has 1 aliphatic rings. The molecule has 2 rings (SSSR count). The van der Waals surface area contributed by atoms with Crippen molar-refractivity contribution in [3.05, 3.63) is 29.8 Å². The summed E-state index contributed by atoms with van der Waals surface area (Å²) in [7, 11) is -3.03. The highest BCUT2D eigenvalue weighted by atomic mass is 32.2. The lowest BCUT2D eigenvalue weighted by atomic mass is 9.86. The minimum atomic E-state index is -3.03. The van der Waals surface area contributed by atoms with Crippen LogP contribution in [-0.4, -0.2) is 39.0 Å². The molecule has 6 heteroatoms. The van der Waals surface area contributed by atoms with Crippen LogP contribution in [0, 0.1) is 5.92 Å². The van der Waals surface area contributed by atoms with Gasteiger partial charge in [-0.1, -0.05) is 39.0 Å². The van der Waals surface area contributed by atoms with Gasteiger partial charge in [0, 0.05) is 0 Å². The summed E-state index contributed by atoms with van der Waals surface area (Å²) in [4.78, 5) is 11.9. The molecule has 1 atom stereocenters. The lowest BCUT2D eigenvalue weighted by Crippen LogP contribution is -2.34. The third-order valence-electron chi connectivity index (χ3n) is 3.96. The molecule has 1 fully saturated rings. The van der Waals surface area contributed by atoms with E-state index in [0.717, 1.165) is 11.3 Å². The van der Waals surface area contributed by atoms with Crippen molar-refractivity contribution in [1.29, 1.82) is 0 Å². The Labute approximate surface area is 138 Å². The molecular weight excluding hydrogens is 314 g/mol. The third kappa shape index (κ3) is 4.96. The number of carbonyl (C=O) groups is 1. The molecular formula is C17H25NO4S. The molecule has 0 radical (unpaired) electrons. The molecule has 1 amide bonds. The standard InChI is InChI=1S/C17H25NO4S/c1-17(2,3)14-6-4-5-7-15(14)22-10-9-18-16(19)13-8-11-23(20,21)12-13/h4-7,13H,8-12H2,1-3H3,(H,18,19)/t13-/m1/s1. The van der Waals surface area contributed by atoms with Crippen LogP contribution in [0.25, 0.3) is 0 Å². The van der Waals surface area contributed by atoms with E-state index in [1.165, 1.54) is 0 Å². The number of nitrogens with one attached hydrogen (secondary N) is 1. The Bertz CT molecular complexity index is 661. The Balaban J connectivity index is 1.81. The lowest BCUT2D eigenvalue weighted by molar-refractivity contribution is -0.124. The van der Waals surface area contributed by atoms with E-state index in [0.29, 0.717) is 19.6 Å². The number of sulfone groups is 1. The zero-order chi connectivity index (χ0) is 17.1. The van der Waals surface area contributed by atoms with Crippen LogP contribution in [0.3, 0.4) is 0 Å². The van der Waals surface area contributed by atoms with Crippen LogP contribution in [0.1, 0.15) is 32.8 Å². The fourth-order valence-electron chi connectivity index (χ4n) is 2.69. The predicted octanol–water partition coefficient (Wildman–Crippen LogP) is 1.91. The molecule has 1 aromatic rings. The largest absolute Gasteiger partial charge is 0.491 e. The predicted molar refractivity (Wildman–Crippen MR) is 90.4 cm³/mol. The fourth-order valence-corrected chi connectivity index (χ4v) is 4.43. The second-order valence-electron chi connectivity index (χ2n) is 6.99. The summed E-state index contributed by atoms with van der Waals surface area (Å²) in [6, 6.07) is 7.87. The molecule has 0 bridgehead atoms. The van der Waals surface area contributed by atoms with Gasteiger partial charge in [0.25, 0.3) is 0 Å². The van der Waals surface area contributed by atoms with Gasteiger partial charge in [0.2, 0.25) is 5.91 Å². The summed E-state index contributed by atoms with van der Waals surface area (Å²) in [5.74, 6) is 0.283. The highest BCUT2D eigenvalue weighted by Crippen LogP contribution is 2.30. The average molecular weight is 339 g/mol. The molecule has 5 nitrogen and oxygen atoms in total. The second kappa shape index (κ2) is 6.91. The first kappa shape index (κ1) is 17.8. The molecule has 1 aromatic carbocycles. The minimum Gasteiger partial charge on any atom is -0.491 e. The zero-order valence-corrected chi connectivity index (χ0v) is 14.8. The third-order valence-corrected chi connectivity index (χ3v) is 5.73. The first-order valence-electron chi connectivity index (χ1n) is 7.89. The van der Waals surface area contributed by atoms with Gasteiger partial charge >= 0.3 is 0 Å². The van der Waals surface area contributed by atoms with E-state index in [1.54, 1.807) is 0 Å². The Morgan fingerprint density at radius 2 is 2.00 bits per heavy atom. The van der Waals surface area contributed by atoms with Crippen LogP contribution in [-0.2, 0) is 20.0 Å². The Morgan fingerprint density at radius 3 is 2.61 bits per heavy atom. The van der Waals surface area contributed by atoms with Crippen molar-refractivity contribution in [3.8, 4) is 5.75 Å². The number of carbonyl (C=O) groups excluding carboxylic acids is 1. The molecule has 0 aliphatic carbocycles. The lowest BCUT2D eigenvalue weighted by Gasteiger charge is -2.22. The summed E-state index contributed by atoms with van der Waals surface area (Å²) in [6.45, 7) is 7.10. The van der Waals surface area contributed by atoms with Gasteiger partial charge in [-0.15, -0.1) is 0 Å². The highest BCUT2D eigenvalue weighted by Gasteiger charge is 2.32. The van der Waals surface area contributed by atoms with Gasteiger partial charge in [0.15, 0.2) is 9.84 Å². The average Bonchev–Trinajstić information content (AvgIpc) is 2.83. The van der Waals surface area contributed by atoms with Gasteiger partial charge in [0.05, 0.1) is 24.0 Å². The maximum Gasteiger partial charge on any atom is 0.224 e. The van der Waals surface area contributed by atoms with Gasteiger partial charge < -0.3 is 10.1 Å². The smallest absolute Gasteiger partial charge is 0.224 e. The van der Waals surface area contributed by atoms with E-state index in [4.69, 9.17) is 4.74 Å². The van der Waals surface area contributed by atoms with Crippen LogP contribution >= 0.6 is 0 Å². The van der Waals surface area contributed by atoms with Crippen LogP contribution in [0.4, 0.5) is 0 Å². The monoisotopic (exact) mass is 339 g/mol. The van der Waals surface area contributed by atoms with E-state index in [2.05, 4.69) is 26.1 Å². The number of para-hydroxylation sites is 1. The number of hydrogen-bond acceptors (Lipinski definition) is 4. The summed E-state index contributed by atoms with van der Waals surface area (Å²) in [6.07, 6.45) is 0.419. The van der Waals surface area contributed by atoms with Crippen molar-refractivity contribution in [2.75, 3.05) is 24.7 Å². The molecule has 1 aliphatic heterocycles. The van der Waals surface area contributed by atoms with E-state index >= 15 is 0 Å².